The van der Waals surface area contributed by atoms with Crippen molar-refractivity contribution in [3.8, 4) is 11.5 Å². The first-order valence-electron chi connectivity index (χ1n) is 12.0. The van der Waals surface area contributed by atoms with Gasteiger partial charge in [-0.05, 0) is 44.9 Å². The van der Waals surface area contributed by atoms with Gasteiger partial charge in [-0.3, -0.25) is 4.90 Å². The fraction of sp³-hybridized carbons (Fsp3) is 0.458. The summed E-state index contributed by atoms with van der Waals surface area (Å²) in [5, 5.41) is 19.4. The molecule has 1 aliphatic heterocycles. The number of carbonyl (C=O) groups is 3. The molecule has 0 atom stereocenters. The Hall–Kier alpha value is -3.82. The number of anilines is 1. The Balaban J connectivity index is 0.000000580. The number of para-hydroxylation sites is 1. The van der Waals surface area contributed by atoms with Crippen LogP contribution in [-0.2, 0) is 24.3 Å². The number of benzene rings is 1. The van der Waals surface area contributed by atoms with E-state index in [4.69, 9.17) is 19.5 Å². The summed E-state index contributed by atoms with van der Waals surface area (Å²) in [4.78, 5) is 39.8. The smallest absolute Gasteiger partial charge is 0.414 e. The highest BCUT2D eigenvalue weighted by Crippen LogP contribution is 2.29. The Morgan fingerprint density at radius 3 is 2.33 bits per heavy atom. The first-order chi connectivity index (χ1) is 18.4. The largest absolute Gasteiger partial charge is 0.478 e. The number of rotatable bonds is 10. The molecular formula is C24H33N5O9S. The zero-order chi connectivity index (χ0) is 29.0. The van der Waals surface area contributed by atoms with Gasteiger partial charge in [-0.2, -0.15) is 4.98 Å². The molecule has 0 spiro atoms. The lowest BCUT2D eigenvalue weighted by Crippen LogP contribution is -2.41. The Morgan fingerprint density at radius 1 is 1.18 bits per heavy atom. The van der Waals surface area contributed by atoms with Crippen LogP contribution in [0.25, 0.3) is 11.5 Å². The number of likely N-dealkylation sites (tertiary alicyclic amines) is 1. The van der Waals surface area contributed by atoms with Gasteiger partial charge in [0.1, 0.15) is 6.10 Å². The van der Waals surface area contributed by atoms with E-state index in [1.165, 1.54) is 4.90 Å². The number of carboxylic acids is 2. The molecule has 39 heavy (non-hydrogen) atoms. The van der Waals surface area contributed by atoms with Gasteiger partial charge in [-0.1, -0.05) is 17.3 Å². The quantitative estimate of drug-likeness (QED) is 0.279. The molecule has 1 aliphatic rings. The third kappa shape index (κ3) is 11.6. The van der Waals surface area contributed by atoms with Crippen LogP contribution in [0.3, 0.4) is 0 Å². The second kappa shape index (κ2) is 14.9. The molecule has 0 radical (unpaired) electrons. The summed E-state index contributed by atoms with van der Waals surface area (Å²) in [6.07, 6.45) is 3.91. The Bertz CT molecular complexity index is 1240. The number of piperidine rings is 1. The fourth-order valence-electron chi connectivity index (χ4n) is 3.63. The summed E-state index contributed by atoms with van der Waals surface area (Å²) in [6, 6.07) is 7.31. The normalized spacial score (nSPS) is 14.4. The van der Waals surface area contributed by atoms with E-state index in [0.717, 1.165) is 45.2 Å². The molecule has 14 nitrogen and oxygen atoms in total. The Kier molecular flexibility index (Phi) is 12.0. The molecule has 1 amide bonds. The summed E-state index contributed by atoms with van der Waals surface area (Å²) in [6.45, 7) is 4.58. The van der Waals surface area contributed by atoms with E-state index in [-0.39, 0.29) is 6.10 Å². The lowest BCUT2D eigenvalue weighted by molar-refractivity contribution is -0.134. The monoisotopic (exact) mass is 567 g/mol. The first-order valence-corrected chi connectivity index (χ1v) is 13.9. The number of ether oxygens (including phenoxy) is 1. The number of sulfonamides is 1. The van der Waals surface area contributed by atoms with Gasteiger partial charge in [0.05, 0.1) is 17.5 Å². The maximum atomic E-state index is 12.7. The van der Waals surface area contributed by atoms with Gasteiger partial charge in [-0.15, -0.1) is 0 Å². The molecule has 1 saturated heterocycles. The topological polar surface area (TPSA) is 192 Å². The first kappa shape index (κ1) is 31.4. The molecule has 0 aliphatic carbocycles. The third-order valence-electron chi connectivity index (χ3n) is 5.48. The predicted molar refractivity (Wildman–Crippen MR) is 141 cm³/mol. The van der Waals surface area contributed by atoms with E-state index >= 15 is 0 Å². The SMILES string of the molecule is Cc1noc(-c2ccccc2N(C)C(=O)OC2CCN(CCCNS(C)(=O)=O)CC2)n1.O=C(O)/C=C\C(=O)O. The molecule has 1 aromatic carbocycles. The van der Waals surface area contributed by atoms with Crippen molar-refractivity contribution in [1.82, 2.24) is 19.8 Å². The summed E-state index contributed by atoms with van der Waals surface area (Å²) in [5.74, 6) is -1.64. The maximum Gasteiger partial charge on any atom is 0.414 e. The van der Waals surface area contributed by atoms with Crippen molar-refractivity contribution in [1.29, 1.82) is 0 Å². The number of amides is 1. The van der Waals surface area contributed by atoms with E-state index in [2.05, 4.69) is 19.8 Å². The van der Waals surface area contributed by atoms with Gasteiger partial charge in [0, 0.05) is 38.8 Å². The molecule has 2 aromatic rings. The van der Waals surface area contributed by atoms with Crippen LogP contribution in [0.2, 0.25) is 0 Å². The molecule has 15 heteroatoms. The second-order valence-corrected chi connectivity index (χ2v) is 10.5. The van der Waals surface area contributed by atoms with Crippen LogP contribution >= 0.6 is 0 Å². The van der Waals surface area contributed by atoms with Crippen molar-refractivity contribution in [2.24, 2.45) is 0 Å². The minimum Gasteiger partial charge on any atom is -0.478 e. The standard InChI is InChI=1S/C20H29N5O5S.C4H4O4/c1-15-22-19(30-23-15)17-7-4-5-8-18(17)24(2)20(26)29-16-9-13-25(14-10-16)12-6-11-21-31(3,27)28;5-3(6)1-2-4(7)8/h4-5,7-8,16,21H,6,9-14H2,1-3H3;1-2H,(H,5,6)(H,7,8)/b;2-1-. The molecule has 1 fully saturated rings. The van der Waals surface area contributed by atoms with Crippen LogP contribution in [0.5, 0.6) is 0 Å². The number of aromatic nitrogens is 2. The lowest BCUT2D eigenvalue weighted by atomic mass is 10.1. The van der Waals surface area contributed by atoms with Crippen LogP contribution in [0.15, 0.2) is 40.9 Å². The average molecular weight is 568 g/mol. The van der Waals surface area contributed by atoms with Gasteiger partial charge in [-0.25, -0.2) is 27.5 Å². The zero-order valence-corrected chi connectivity index (χ0v) is 22.8. The molecule has 1 aromatic heterocycles. The Morgan fingerprint density at radius 2 is 1.79 bits per heavy atom. The highest BCUT2D eigenvalue weighted by atomic mass is 32.2. The number of nitrogens with zero attached hydrogens (tertiary/aromatic N) is 4. The molecular weight excluding hydrogens is 534 g/mol. The van der Waals surface area contributed by atoms with Gasteiger partial charge < -0.3 is 24.4 Å². The summed E-state index contributed by atoms with van der Waals surface area (Å²) >= 11 is 0. The molecule has 3 rings (SSSR count). The van der Waals surface area contributed by atoms with Crippen LogP contribution in [0, 0.1) is 6.92 Å². The second-order valence-electron chi connectivity index (χ2n) is 8.68. The molecule has 2 heterocycles. The zero-order valence-electron chi connectivity index (χ0n) is 21.9. The highest BCUT2D eigenvalue weighted by Gasteiger charge is 2.25. The average Bonchev–Trinajstić information content (AvgIpc) is 3.31. The number of aliphatic carboxylic acids is 2. The minimum absolute atomic E-state index is 0.154. The fourth-order valence-corrected chi connectivity index (χ4v) is 4.14. The summed E-state index contributed by atoms with van der Waals surface area (Å²) < 4.78 is 35.7. The van der Waals surface area contributed by atoms with Crippen molar-refractivity contribution in [3.05, 3.63) is 42.2 Å². The minimum atomic E-state index is -3.14. The van der Waals surface area contributed by atoms with Crippen molar-refractivity contribution in [3.63, 3.8) is 0 Å². The Labute approximate surface area is 226 Å². The van der Waals surface area contributed by atoms with E-state index < -0.39 is 28.1 Å². The van der Waals surface area contributed by atoms with Crippen LogP contribution in [0.4, 0.5) is 10.5 Å². The molecule has 0 saturated carbocycles. The summed E-state index contributed by atoms with van der Waals surface area (Å²) in [5.41, 5.74) is 1.30. The van der Waals surface area contributed by atoms with Crippen molar-refractivity contribution in [2.45, 2.75) is 32.3 Å². The number of aryl methyl sites for hydroxylation is 1. The molecule has 3 N–H and O–H groups in total. The van der Waals surface area contributed by atoms with Gasteiger partial charge >= 0.3 is 18.0 Å². The molecule has 0 unspecified atom stereocenters. The van der Waals surface area contributed by atoms with Crippen molar-refractivity contribution < 1.29 is 42.3 Å². The molecule has 0 bridgehead atoms. The van der Waals surface area contributed by atoms with E-state index in [1.807, 2.05) is 24.3 Å². The van der Waals surface area contributed by atoms with Gasteiger partial charge in [0.15, 0.2) is 5.82 Å². The summed E-state index contributed by atoms with van der Waals surface area (Å²) in [7, 11) is -1.48. The van der Waals surface area contributed by atoms with Crippen LogP contribution in [0.1, 0.15) is 25.1 Å². The lowest BCUT2D eigenvalue weighted by Gasteiger charge is -2.32. The van der Waals surface area contributed by atoms with Crippen molar-refractivity contribution in [2.75, 3.05) is 44.4 Å². The number of nitrogens with one attached hydrogen (secondary N) is 1. The predicted octanol–water partition coefficient (Wildman–Crippen LogP) is 1.73. The van der Waals surface area contributed by atoms with E-state index in [9.17, 15) is 22.8 Å². The number of hydrogen-bond acceptors (Lipinski definition) is 10. The van der Waals surface area contributed by atoms with Crippen molar-refractivity contribution >= 4 is 33.7 Å². The van der Waals surface area contributed by atoms with E-state index in [0.29, 0.717) is 41.7 Å². The van der Waals surface area contributed by atoms with E-state index in [1.54, 1.807) is 14.0 Å². The van der Waals surface area contributed by atoms with Crippen LogP contribution < -0.4 is 9.62 Å². The number of hydrogen-bond donors (Lipinski definition) is 3. The van der Waals surface area contributed by atoms with Gasteiger partial charge in [0.25, 0.3) is 5.89 Å². The highest BCUT2D eigenvalue weighted by molar-refractivity contribution is 7.88. The van der Waals surface area contributed by atoms with Crippen LogP contribution in [-0.4, -0.2) is 97.3 Å². The van der Waals surface area contributed by atoms with Gasteiger partial charge in [0.2, 0.25) is 10.0 Å². The molecule has 214 valence electrons. The third-order valence-corrected chi connectivity index (χ3v) is 6.21. The number of carbonyl (C=O) groups excluding carboxylic acids is 1. The maximum absolute atomic E-state index is 12.7. The number of carboxylic acid groups (broad SMARTS) is 2.